The highest BCUT2D eigenvalue weighted by atomic mass is 32.2. The van der Waals surface area contributed by atoms with E-state index in [0.29, 0.717) is 18.7 Å². The summed E-state index contributed by atoms with van der Waals surface area (Å²) < 4.78 is 35.4. The third-order valence-electron chi connectivity index (χ3n) is 6.79. The van der Waals surface area contributed by atoms with Crippen LogP contribution in [0.3, 0.4) is 0 Å². The minimum absolute atomic E-state index is 0.0168. The molecule has 4 rings (SSSR count). The Bertz CT molecular complexity index is 1110. The zero-order valence-electron chi connectivity index (χ0n) is 19.9. The van der Waals surface area contributed by atoms with E-state index < -0.39 is 16.1 Å². The molecule has 1 aromatic carbocycles. The van der Waals surface area contributed by atoms with E-state index in [-0.39, 0.29) is 44.9 Å². The van der Waals surface area contributed by atoms with Gasteiger partial charge < -0.3 is 14.7 Å². The molecule has 2 heterocycles. The van der Waals surface area contributed by atoms with E-state index in [1.807, 2.05) is 0 Å². The second-order valence-electron chi connectivity index (χ2n) is 10.4. The van der Waals surface area contributed by atoms with Crippen molar-refractivity contribution in [3.05, 3.63) is 35.1 Å². The highest BCUT2D eigenvalue weighted by Crippen LogP contribution is 2.42. The van der Waals surface area contributed by atoms with E-state index in [2.05, 4.69) is 25.2 Å². The number of fused-ring (bicyclic) bond motifs is 1. The van der Waals surface area contributed by atoms with Gasteiger partial charge in [0, 0.05) is 12.1 Å². The predicted molar refractivity (Wildman–Crippen MR) is 127 cm³/mol. The Labute approximate surface area is 196 Å². The van der Waals surface area contributed by atoms with Gasteiger partial charge in [0.05, 0.1) is 12.6 Å². The van der Waals surface area contributed by atoms with Crippen LogP contribution < -0.4 is 4.74 Å². The SMILES string of the molecule is CCOc1cccc2c1S(=O)(=O)N=C2C1=C(O)[C@H](C2CCCCC2)N(CCC(C)(C)C)C1=O. The largest absolute Gasteiger partial charge is 0.509 e. The Hall–Kier alpha value is -2.35. The van der Waals surface area contributed by atoms with Gasteiger partial charge in [-0.1, -0.05) is 52.2 Å². The molecule has 0 aromatic heterocycles. The number of aliphatic hydroxyl groups is 1. The number of amides is 1. The molecule has 1 fully saturated rings. The van der Waals surface area contributed by atoms with Crippen LogP contribution in [0, 0.1) is 11.3 Å². The van der Waals surface area contributed by atoms with E-state index in [9.17, 15) is 18.3 Å². The van der Waals surface area contributed by atoms with Gasteiger partial charge in [0.25, 0.3) is 15.9 Å². The standard InChI is InChI=1S/C25H34N2O5S/c1-5-32-18-13-9-12-17-20(26-33(30,31)23(17)18)19-22(28)21(16-10-7-6-8-11-16)27(24(19)29)15-14-25(2,3)4/h9,12-13,16,21,28H,5-8,10-11,14-15H2,1-4H3/t21-/m0/s1. The lowest BCUT2D eigenvalue weighted by atomic mass is 9.82. The Morgan fingerprint density at radius 3 is 2.52 bits per heavy atom. The molecule has 0 radical (unpaired) electrons. The molecule has 0 bridgehead atoms. The van der Waals surface area contributed by atoms with Gasteiger partial charge in [-0.05, 0) is 43.6 Å². The Morgan fingerprint density at radius 2 is 1.88 bits per heavy atom. The van der Waals surface area contributed by atoms with E-state index in [1.54, 1.807) is 30.0 Å². The molecule has 1 aliphatic carbocycles. The molecule has 1 aromatic rings. The maximum absolute atomic E-state index is 13.7. The summed E-state index contributed by atoms with van der Waals surface area (Å²) in [5, 5.41) is 11.4. The molecule has 2 aliphatic heterocycles. The van der Waals surface area contributed by atoms with E-state index in [1.165, 1.54) is 0 Å². The van der Waals surface area contributed by atoms with Crippen LogP contribution in [0.25, 0.3) is 0 Å². The van der Waals surface area contributed by atoms with E-state index >= 15 is 0 Å². The molecule has 0 saturated heterocycles. The highest BCUT2D eigenvalue weighted by molar-refractivity contribution is 7.91. The zero-order chi connectivity index (χ0) is 24.0. The number of nitrogens with zero attached hydrogens (tertiary/aromatic N) is 2. The van der Waals surface area contributed by atoms with Crippen LogP contribution in [0.2, 0.25) is 0 Å². The lowest BCUT2D eigenvalue weighted by Gasteiger charge is -2.35. The molecule has 0 spiro atoms. The van der Waals surface area contributed by atoms with Crippen LogP contribution in [-0.2, 0) is 14.8 Å². The second kappa shape index (κ2) is 8.78. The van der Waals surface area contributed by atoms with Gasteiger partial charge in [-0.15, -0.1) is 0 Å². The van der Waals surface area contributed by atoms with Crippen LogP contribution in [0.1, 0.15) is 71.8 Å². The fourth-order valence-corrected chi connectivity index (χ4v) is 6.50. The quantitative estimate of drug-likeness (QED) is 0.649. The highest BCUT2D eigenvalue weighted by Gasteiger charge is 2.48. The normalized spacial score (nSPS) is 23.2. The molecule has 8 heteroatoms. The van der Waals surface area contributed by atoms with Gasteiger partial charge in [0.1, 0.15) is 27.7 Å². The molecule has 0 unspecified atom stereocenters. The molecule has 180 valence electrons. The summed E-state index contributed by atoms with van der Waals surface area (Å²) in [4.78, 5) is 15.4. The third kappa shape index (κ3) is 4.42. The van der Waals surface area contributed by atoms with Crippen LogP contribution >= 0.6 is 0 Å². The molecule has 3 aliphatic rings. The van der Waals surface area contributed by atoms with Gasteiger partial charge in [-0.2, -0.15) is 12.8 Å². The summed E-state index contributed by atoms with van der Waals surface area (Å²) in [6.07, 6.45) is 5.96. The van der Waals surface area contributed by atoms with Crippen LogP contribution in [0.5, 0.6) is 5.75 Å². The first-order chi connectivity index (χ1) is 15.5. The van der Waals surface area contributed by atoms with E-state index in [4.69, 9.17) is 4.74 Å². The van der Waals surface area contributed by atoms with Crippen molar-refractivity contribution < 1.29 is 23.1 Å². The number of sulfonamides is 1. The van der Waals surface area contributed by atoms with Crippen LogP contribution in [0.15, 0.2) is 38.8 Å². The first-order valence-corrected chi connectivity index (χ1v) is 13.3. The number of rotatable bonds is 6. The molecular weight excluding hydrogens is 440 g/mol. The van der Waals surface area contributed by atoms with Gasteiger partial charge >= 0.3 is 0 Å². The molecule has 33 heavy (non-hydrogen) atoms. The zero-order valence-corrected chi connectivity index (χ0v) is 20.7. The van der Waals surface area contributed by atoms with Crippen LogP contribution in [0.4, 0.5) is 0 Å². The van der Waals surface area contributed by atoms with Crippen molar-refractivity contribution in [2.45, 2.75) is 77.2 Å². The number of carbonyl (C=O) groups excluding carboxylic acids is 1. The van der Waals surface area contributed by atoms with Gasteiger partial charge in [-0.25, -0.2) is 0 Å². The smallest absolute Gasteiger partial charge is 0.287 e. The number of aliphatic hydroxyl groups excluding tert-OH is 1. The lowest BCUT2D eigenvalue weighted by molar-refractivity contribution is -0.128. The Morgan fingerprint density at radius 1 is 1.18 bits per heavy atom. The minimum atomic E-state index is -4.04. The average molecular weight is 475 g/mol. The van der Waals surface area contributed by atoms with Crippen molar-refractivity contribution in [3.8, 4) is 5.75 Å². The number of hydrogen-bond donors (Lipinski definition) is 1. The molecule has 1 saturated carbocycles. The van der Waals surface area contributed by atoms with Crippen molar-refractivity contribution >= 4 is 21.6 Å². The first kappa shape index (κ1) is 23.8. The van der Waals surface area contributed by atoms with Crippen molar-refractivity contribution in [1.29, 1.82) is 0 Å². The second-order valence-corrected chi connectivity index (χ2v) is 11.9. The van der Waals surface area contributed by atoms with Crippen LogP contribution in [-0.4, -0.2) is 49.2 Å². The molecular formula is C25H34N2O5S. The van der Waals surface area contributed by atoms with Gasteiger partial charge in [0.15, 0.2) is 0 Å². The number of ether oxygens (including phenoxy) is 1. The molecule has 1 N–H and O–H groups in total. The molecule has 1 amide bonds. The minimum Gasteiger partial charge on any atom is -0.509 e. The maximum atomic E-state index is 13.7. The topological polar surface area (TPSA) is 96.3 Å². The molecule has 1 atom stereocenters. The van der Waals surface area contributed by atoms with E-state index in [0.717, 1.165) is 38.5 Å². The molecule has 7 nitrogen and oxygen atoms in total. The summed E-state index contributed by atoms with van der Waals surface area (Å²) >= 11 is 0. The van der Waals surface area contributed by atoms with Crippen molar-refractivity contribution in [1.82, 2.24) is 4.90 Å². The summed E-state index contributed by atoms with van der Waals surface area (Å²) in [6.45, 7) is 8.95. The summed E-state index contributed by atoms with van der Waals surface area (Å²) in [5.74, 6) is 0.000992. The third-order valence-corrected chi connectivity index (χ3v) is 8.15. The van der Waals surface area contributed by atoms with Crippen molar-refractivity contribution in [3.63, 3.8) is 0 Å². The Balaban J connectivity index is 1.79. The van der Waals surface area contributed by atoms with Crippen molar-refractivity contribution in [2.75, 3.05) is 13.2 Å². The van der Waals surface area contributed by atoms with Gasteiger partial charge in [0.2, 0.25) is 0 Å². The monoisotopic (exact) mass is 474 g/mol. The Kier molecular flexibility index (Phi) is 6.33. The van der Waals surface area contributed by atoms with Gasteiger partial charge in [-0.3, -0.25) is 4.79 Å². The summed E-state index contributed by atoms with van der Waals surface area (Å²) in [5.41, 5.74) is 0.391. The van der Waals surface area contributed by atoms with Crippen molar-refractivity contribution in [2.24, 2.45) is 15.7 Å². The number of benzene rings is 1. The predicted octanol–water partition coefficient (Wildman–Crippen LogP) is 4.62. The summed E-state index contributed by atoms with van der Waals surface area (Å²) in [7, 11) is -4.04. The summed E-state index contributed by atoms with van der Waals surface area (Å²) in [6, 6.07) is 4.47. The fraction of sp³-hybridized carbons (Fsp3) is 0.600. The number of carbonyl (C=O) groups is 1. The number of hydrogen-bond acceptors (Lipinski definition) is 5. The lowest BCUT2D eigenvalue weighted by Crippen LogP contribution is -2.43. The average Bonchev–Trinajstić information content (AvgIpc) is 3.16. The fourth-order valence-electron chi connectivity index (χ4n) is 5.15. The first-order valence-electron chi connectivity index (χ1n) is 11.9. The maximum Gasteiger partial charge on any atom is 0.287 e.